The molecule has 100 valence electrons. The van der Waals surface area contributed by atoms with Crippen molar-refractivity contribution in [2.24, 2.45) is 11.8 Å². The van der Waals surface area contributed by atoms with Crippen LogP contribution in [0.5, 0.6) is 0 Å². The summed E-state index contributed by atoms with van der Waals surface area (Å²) >= 11 is 0. The molecule has 2 unspecified atom stereocenters. The molecule has 0 saturated carbocycles. The Morgan fingerprint density at radius 3 is 2.53 bits per heavy atom. The second-order valence-electron chi connectivity index (χ2n) is 6.02. The van der Waals surface area contributed by atoms with Gasteiger partial charge in [-0.1, -0.05) is 0 Å². The Morgan fingerprint density at radius 1 is 1.24 bits per heavy atom. The zero-order valence-electron chi connectivity index (χ0n) is 11.6. The fraction of sp³-hybridized carbons (Fsp3) is 1.00. The standard InChI is InChI=1S/C14H28N2O/c1-11(2)16-6-4-12(5-7-16)13-8-14(10-17-3)15-9-13/h11-15H,4-10H2,1-3H3. The summed E-state index contributed by atoms with van der Waals surface area (Å²) in [7, 11) is 1.80. The van der Waals surface area contributed by atoms with Gasteiger partial charge in [-0.3, -0.25) is 0 Å². The van der Waals surface area contributed by atoms with Crippen LogP contribution in [0, 0.1) is 11.8 Å². The van der Waals surface area contributed by atoms with E-state index in [1.54, 1.807) is 7.11 Å². The number of likely N-dealkylation sites (tertiary alicyclic amines) is 1. The highest BCUT2D eigenvalue weighted by Crippen LogP contribution is 2.31. The molecule has 2 aliphatic heterocycles. The van der Waals surface area contributed by atoms with Gasteiger partial charge in [0.05, 0.1) is 6.61 Å². The quantitative estimate of drug-likeness (QED) is 0.810. The Balaban J connectivity index is 1.74. The minimum Gasteiger partial charge on any atom is -0.383 e. The van der Waals surface area contributed by atoms with E-state index in [1.807, 2.05) is 0 Å². The number of hydrogen-bond acceptors (Lipinski definition) is 3. The van der Waals surface area contributed by atoms with Gasteiger partial charge in [0.2, 0.25) is 0 Å². The molecule has 0 bridgehead atoms. The van der Waals surface area contributed by atoms with Crippen molar-refractivity contribution in [3.63, 3.8) is 0 Å². The van der Waals surface area contributed by atoms with Crippen LogP contribution in [0.4, 0.5) is 0 Å². The van der Waals surface area contributed by atoms with E-state index < -0.39 is 0 Å². The fourth-order valence-corrected chi connectivity index (χ4v) is 3.44. The molecule has 2 fully saturated rings. The maximum absolute atomic E-state index is 5.24. The molecule has 17 heavy (non-hydrogen) atoms. The largest absolute Gasteiger partial charge is 0.383 e. The molecule has 2 heterocycles. The lowest BCUT2D eigenvalue weighted by Crippen LogP contribution is -2.40. The Labute approximate surface area is 106 Å². The van der Waals surface area contributed by atoms with Crippen molar-refractivity contribution in [1.29, 1.82) is 0 Å². The van der Waals surface area contributed by atoms with E-state index in [1.165, 1.54) is 38.9 Å². The van der Waals surface area contributed by atoms with Crippen LogP contribution in [0.15, 0.2) is 0 Å². The summed E-state index contributed by atoms with van der Waals surface area (Å²) in [5.41, 5.74) is 0. The Bertz CT molecular complexity index is 224. The normalized spacial score (nSPS) is 32.5. The summed E-state index contributed by atoms with van der Waals surface area (Å²) < 4.78 is 5.24. The molecule has 0 spiro atoms. The number of hydrogen-bond donors (Lipinski definition) is 1. The smallest absolute Gasteiger partial charge is 0.0615 e. The van der Waals surface area contributed by atoms with E-state index in [-0.39, 0.29) is 0 Å². The van der Waals surface area contributed by atoms with Gasteiger partial charge in [0.25, 0.3) is 0 Å². The first-order valence-electron chi connectivity index (χ1n) is 7.17. The summed E-state index contributed by atoms with van der Waals surface area (Å²) in [6.45, 7) is 9.31. The van der Waals surface area contributed by atoms with Gasteiger partial charge in [-0.15, -0.1) is 0 Å². The third-order valence-corrected chi connectivity index (χ3v) is 4.60. The molecule has 0 aromatic heterocycles. The average Bonchev–Trinajstić information content (AvgIpc) is 2.78. The molecule has 2 saturated heterocycles. The number of methoxy groups -OCH3 is 1. The van der Waals surface area contributed by atoms with E-state index in [0.717, 1.165) is 24.5 Å². The van der Waals surface area contributed by atoms with Gasteiger partial charge < -0.3 is 15.0 Å². The summed E-state index contributed by atoms with van der Waals surface area (Å²) in [6, 6.07) is 1.33. The molecule has 0 aliphatic carbocycles. The zero-order chi connectivity index (χ0) is 12.3. The van der Waals surface area contributed by atoms with Crippen molar-refractivity contribution in [3.8, 4) is 0 Å². The van der Waals surface area contributed by atoms with Crippen molar-refractivity contribution >= 4 is 0 Å². The van der Waals surface area contributed by atoms with Crippen LogP contribution in [0.2, 0.25) is 0 Å². The predicted octanol–water partition coefficient (Wildman–Crippen LogP) is 1.73. The molecule has 3 heteroatoms. The van der Waals surface area contributed by atoms with Crippen LogP contribution in [-0.4, -0.2) is 50.3 Å². The van der Waals surface area contributed by atoms with Gasteiger partial charge in [-0.05, 0) is 64.6 Å². The monoisotopic (exact) mass is 240 g/mol. The van der Waals surface area contributed by atoms with Gasteiger partial charge in [-0.2, -0.15) is 0 Å². The van der Waals surface area contributed by atoms with E-state index >= 15 is 0 Å². The van der Waals surface area contributed by atoms with Crippen molar-refractivity contribution in [3.05, 3.63) is 0 Å². The molecule has 2 rings (SSSR count). The fourth-order valence-electron chi connectivity index (χ4n) is 3.44. The maximum atomic E-state index is 5.24. The van der Waals surface area contributed by atoms with Crippen LogP contribution >= 0.6 is 0 Å². The molecular weight excluding hydrogens is 212 g/mol. The third kappa shape index (κ3) is 3.43. The van der Waals surface area contributed by atoms with Gasteiger partial charge in [-0.25, -0.2) is 0 Å². The van der Waals surface area contributed by atoms with Crippen molar-refractivity contribution in [1.82, 2.24) is 10.2 Å². The molecule has 0 amide bonds. The molecule has 3 nitrogen and oxygen atoms in total. The zero-order valence-corrected chi connectivity index (χ0v) is 11.6. The highest BCUT2D eigenvalue weighted by atomic mass is 16.5. The van der Waals surface area contributed by atoms with Gasteiger partial charge >= 0.3 is 0 Å². The SMILES string of the molecule is COCC1CC(C2CCN(C(C)C)CC2)CN1. The molecular formula is C14H28N2O. The first-order chi connectivity index (χ1) is 8.20. The van der Waals surface area contributed by atoms with Crippen LogP contribution in [-0.2, 0) is 4.74 Å². The van der Waals surface area contributed by atoms with Crippen LogP contribution in [0.3, 0.4) is 0 Å². The predicted molar refractivity (Wildman–Crippen MR) is 71.2 cm³/mol. The number of nitrogens with one attached hydrogen (secondary N) is 1. The maximum Gasteiger partial charge on any atom is 0.0615 e. The highest BCUT2D eigenvalue weighted by molar-refractivity contribution is 4.88. The van der Waals surface area contributed by atoms with Gasteiger partial charge in [0, 0.05) is 19.2 Å². The van der Waals surface area contributed by atoms with Gasteiger partial charge in [0.15, 0.2) is 0 Å². The second kappa shape index (κ2) is 6.17. The molecule has 0 aromatic rings. The summed E-state index contributed by atoms with van der Waals surface area (Å²) in [5, 5.41) is 3.60. The summed E-state index contributed by atoms with van der Waals surface area (Å²) in [6.07, 6.45) is 4.11. The summed E-state index contributed by atoms with van der Waals surface area (Å²) in [5.74, 6) is 1.84. The lowest BCUT2D eigenvalue weighted by molar-refractivity contribution is 0.122. The van der Waals surface area contributed by atoms with Crippen molar-refractivity contribution in [2.45, 2.75) is 45.2 Å². The van der Waals surface area contributed by atoms with Crippen LogP contribution in [0.25, 0.3) is 0 Å². The average molecular weight is 240 g/mol. The first kappa shape index (κ1) is 13.3. The topological polar surface area (TPSA) is 24.5 Å². The van der Waals surface area contributed by atoms with E-state index in [0.29, 0.717) is 6.04 Å². The number of piperidine rings is 1. The molecule has 0 aromatic carbocycles. The van der Waals surface area contributed by atoms with Gasteiger partial charge in [0.1, 0.15) is 0 Å². The number of ether oxygens (including phenoxy) is 1. The molecule has 2 atom stereocenters. The number of nitrogens with zero attached hydrogens (tertiary/aromatic N) is 1. The Kier molecular flexibility index (Phi) is 4.83. The lowest BCUT2D eigenvalue weighted by Gasteiger charge is -2.36. The summed E-state index contributed by atoms with van der Waals surface area (Å²) in [4.78, 5) is 2.62. The number of rotatable bonds is 4. The second-order valence-corrected chi connectivity index (χ2v) is 6.02. The van der Waals surface area contributed by atoms with E-state index in [9.17, 15) is 0 Å². The van der Waals surface area contributed by atoms with Crippen molar-refractivity contribution < 1.29 is 4.74 Å². The minimum absolute atomic E-state index is 0.605. The molecule has 2 aliphatic rings. The lowest BCUT2D eigenvalue weighted by atomic mass is 9.82. The third-order valence-electron chi connectivity index (χ3n) is 4.60. The molecule has 0 radical (unpaired) electrons. The first-order valence-corrected chi connectivity index (χ1v) is 7.17. The van der Waals surface area contributed by atoms with E-state index in [2.05, 4.69) is 24.1 Å². The molecule has 1 N–H and O–H groups in total. The highest BCUT2D eigenvalue weighted by Gasteiger charge is 2.32. The van der Waals surface area contributed by atoms with Crippen molar-refractivity contribution in [2.75, 3.05) is 33.4 Å². The van der Waals surface area contributed by atoms with E-state index in [4.69, 9.17) is 4.74 Å². The Hall–Kier alpha value is -0.120. The van der Waals surface area contributed by atoms with Crippen LogP contribution < -0.4 is 5.32 Å². The Morgan fingerprint density at radius 2 is 1.94 bits per heavy atom. The van der Waals surface area contributed by atoms with Crippen LogP contribution in [0.1, 0.15) is 33.1 Å². The minimum atomic E-state index is 0.605.